The first-order valence-corrected chi connectivity index (χ1v) is 15.8. The number of rotatable bonds is 4. The van der Waals surface area contributed by atoms with Gasteiger partial charge in [-0.3, -0.25) is 14.5 Å². The molecule has 3 aliphatic rings. The number of hydrogen-bond acceptors (Lipinski definition) is 4. The SMILES string of the molecule is CC(C)(C)C[C@H]1N2[C@H](c3ccccc3)[C@H](c3ccccc3)OC(=O)[C@H]2[C@H](c2cccc(Cl)c2)[C@@]12C(=O)Nc1cc(Cl)ccc12. The van der Waals surface area contributed by atoms with Crippen molar-refractivity contribution in [3.8, 4) is 0 Å². The van der Waals surface area contributed by atoms with E-state index >= 15 is 0 Å². The lowest BCUT2D eigenvalue weighted by atomic mass is 9.62. The number of halogens is 2. The van der Waals surface area contributed by atoms with Gasteiger partial charge in [0.2, 0.25) is 5.91 Å². The number of cyclic esters (lactones) is 1. The minimum Gasteiger partial charge on any atom is -0.454 e. The summed E-state index contributed by atoms with van der Waals surface area (Å²) in [6, 6.07) is 31.8. The van der Waals surface area contributed by atoms with Gasteiger partial charge in [0.15, 0.2) is 0 Å². The molecule has 4 aromatic rings. The summed E-state index contributed by atoms with van der Waals surface area (Å²) in [6.45, 7) is 6.56. The van der Waals surface area contributed by atoms with Gasteiger partial charge in [0, 0.05) is 27.7 Å². The molecule has 6 atom stereocenters. The predicted molar refractivity (Wildman–Crippen MR) is 174 cm³/mol. The number of benzene rings is 4. The maximum atomic E-state index is 14.8. The molecule has 44 heavy (non-hydrogen) atoms. The maximum absolute atomic E-state index is 14.8. The molecule has 0 aromatic heterocycles. The molecule has 0 aliphatic carbocycles. The van der Waals surface area contributed by atoms with E-state index in [1.807, 2.05) is 91.0 Å². The smallest absolute Gasteiger partial charge is 0.324 e. The van der Waals surface area contributed by atoms with Crippen LogP contribution in [0.25, 0.3) is 0 Å². The molecule has 7 heteroatoms. The Morgan fingerprint density at radius 2 is 1.41 bits per heavy atom. The molecule has 0 unspecified atom stereocenters. The molecule has 0 saturated carbocycles. The van der Waals surface area contributed by atoms with E-state index in [9.17, 15) is 9.59 Å². The molecule has 1 spiro atoms. The average Bonchev–Trinajstić information content (AvgIpc) is 3.44. The highest BCUT2D eigenvalue weighted by atomic mass is 35.5. The Kier molecular flexibility index (Phi) is 7.12. The number of carbonyl (C=O) groups excluding carboxylic acids is 2. The monoisotopic (exact) mass is 624 g/mol. The second-order valence-corrected chi connectivity index (χ2v) is 14.2. The number of nitrogens with one attached hydrogen (secondary N) is 1. The number of esters is 1. The normalized spacial score (nSPS) is 28.0. The number of hydrogen-bond donors (Lipinski definition) is 1. The highest BCUT2D eigenvalue weighted by Crippen LogP contribution is 2.64. The van der Waals surface area contributed by atoms with E-state index in [2.05, 4.69) is 43.1 Å². The van der Waals surface area contributed by atoms with Gasteiger partial charge in [0.1, 0.15) is 17.6 Å². The zero-order chi connectivity index (χ0) is 30.8. The second-order valence-electron chi connectivity index (χ2n) is 13.3. The Morgan fingerprint density at radius 3 is 2.07 bits per heavy atom. The lowest BCUT2D eigenvalue weighted by Crippen LogP contribution is -2.54. The van der Waals surface area contributed by atoms with Crippen molar-refractivity contribution in [2.75, 3.05) is 5.32 Å². The first-order chi connectivity index (χ1) is 21.1. The molecule has 1 N–H and O–H groups in total. The molecule has 4 aromatic carbocycles. The van der Waals surface area contributed by atoms with E-state index in [1.165, 1.54) is 0 Å². The van der Waals surface area contributed by atoms with Crippen molar-refractivity contribution >= 4 is 40.8 Å². The highest BCUT2D eigenvalue weighted by molar-refractivity contribution is 6.31. The number of morpholine rings is 1. The molecule has 0 radical (unpaired) electrons. The minimum atomic E-state index is -1.12. The third-order valence-electron chi connectivity index (χ3n) is 9.44. The third kappa shape index (κ3) is 4.56. The molecule has 5 nitrogen and oxygen atoms in total. The van der Waals surface area contributed by atoms with E-state index in [0.717, 1.165) is 22.3 Å². The molecular formula is C37H34Cl2N2O3. The average molecular weight is 626 g/mol. The van der Waals surface area contributed by atoms with Crippen molar-refractivity contribution in [2.24, 2.45) is 5.41 Å². The van der Waals surface area contributed by atoms with Crippen molar-refractivity contribution in [1.82, 2.24) is 4.90 Å². The number of ether oxygens (including phenoxy) is 1. The maximum Gasteiger partial charge on any atom is 0.324 e. The van der Waals surface area contributed by atoms with Crippen LogP contribution < -0.4 is 5.32 Å². The van der Waals surface area contributed by atoms with Crippen LogP contribution in [0.5, 0.6) is 0 Å². The fourth-order valence-corrected chi connectivity index (χ4v) is 8.32. The minimum absolute atomic E-state index is 0.140. The number of fused-ring (bicyclic) bond motifs is 3. The lowest BCUT2D eigenvalue weighted by Gasteiger charge is -2.47. The highest BCUT2D eigenvalue weighted by Gasteiger charge is 2.72. The summed E-state index contributed by atoms with van der Waals surface area (Å²) in [5, 5.41) is 4.27. The standard InChI is InChI=1S/C37H34Cl2N2O3/c1-36(2,3)21-29-37(27-18-17-26(39)20-28(27)40-35(37)43)30(24-15-10-16-25(38)19-24)32-34(42)44-33(23-13-8-5-9-14-23)31(41(29)32)22-11-6-4-7-12-22/h4-20,29-33H,21H2,1-3H3,(H,40,43)/t29-,30+,31-,32-,33+,37+/m1/s1. The van der Waals surface area contributed by atoms with Crippen molar-refractivity contribution in [1.29, 1.82) is 0 Å². The van der Waals surface area contributed by atoms with E-state index in [0.29, 0.717) is 22.2 Å². The molecule has 2 saturated heterocycles. The Labute approximate surface area is 268 Å². The van der Waals surface area contributed by atoms with Gasteiger partial charge in [-0.25, -0.2) is 0 Å². The first-order valence-electron chi connectivity index (χ1n) is 15.0. The van der Waals surface area contributed by atoms with Crippen LogP contribution in [0.3, 0.4) is 0 Å². The molecule has 0 bridgehead atoms. The van der Waals surface area contributed by atoms with E-state index in [-0.39, 0.29) is 29.4 Å². The summed E-state index contributed by atoms with van der Waals surface area (Å²) in [7, 11) is 0. The summed E-state index contributed by atoms with van der Waals surface area (Å²) in [4.78, 5) is 31.7. The number of amides is 1. The van der Waals surface area contributed by atoms with Gasteiger partial charge in [-0.05, 0) is 58.4 Å². The van der Waals surface area contributed by atoms with Crippen LogP contribution in [0.4, 0.5) is 5.69 Å². The van der Waals surface area contributed by atoms with Gasteiger partial charge >= 0.3 is 5.97 Å². The summed E-state index contributed by atoms with van der Waals surface area (Å²) >= 11 is 13.1. The summed E-state index contributed by atoms with van der Waals surface area (Å²) < 4.78 is 6.49. The predicted octanol–water partition coefficient (Wildman–Crippen LogP) is 8.50. The zero-order valence-electron chi connectivity index (χ0n) is 24.8. The van der Waals surface area contributed by atoms with E-state index in [1.54, 1.807) is 0 Å². The van der Waals surface area contributed by atoms with Crippen molar-refractivity contribution in [2.45, 2.75) is 62.8 Å². The number of anilines is 1. The second kappa shape index (κ2) is 10.8. The Balaban J connectivity index is 1.56. The van der Waals surface area contributed by atoms with Crippen molar-refractivity contribution in [3.63, 3.8) is 0 Å². The van der Waals surface area contributed by atoms with Crippen LogP contribution >= 0.6 is 23.2 Å². The van der Waals surface area contributed by atoms with Crippen LogP contribution in [0.15, 0.2) is 103 Å². The molecule has 3 heterocycles. The number of nitrogens with zero attached hydrogens (tertiary/aromatic N) is 1. The van der Waals surface area contributed by atoms with Gasteiger partial charge in [-0.15, -0.1) is 0 Å². The van der Waals surface area contributed by atoms with Crippen molar-refractivity contribution < 1.29 is 14.3 Å². The van der Waals surface area contributed by atoms with Gasteiger partial charge in [0.25, 0.3) is 0 Å². The van der Waals surface area contributed by atoms with Crippen LogP contribution in [0.1, 0.15) is 67.5 Å². The lowest BCUT2D eigenvalue weighted by molar-refractivity contribution is -0.176. The third-order valence-corrected chi connectivity index (χ3v) is 9.91. The Bertz CT molecular complexity index is 1740. The largest absolute Gasteiger partial charge is 0.454 e. The van der Waals surface area contributed by atoms with Crippen molar-refractivity contribution in [3.05, 3.63) is 135 Å². The molecule has 7 rings (SSSR count). The summed E-state index contributed by atoms with van der Waals surface area (Å²) in [5.74, 6) is -1.06. The van der Waals surface area contributed by atoms with Crippen LogP contribution in [0.2, 0.25) is 10.0 Å². The van der Waals surface area contributed by atoms with Crippen LogP contribution in [-0.2, 0) is 19.7 Å². The zero-order valence-corrected chi connectivity index (χ0v) is 26.3. The van der Waals surface area contributed by atoms with E-state index < -0.39 is 23.5 Å². The Hall–Kier alpha value is -3.64. The molecule has 3 aliphatic heterocycles. The topological polar surface area (TPSA) is 58.6 Å². The fourth-order valence-electron chi connectivity index (χ4n) is 7.95. The molecule has 1 amide bonds. The van der Waals surface area contributed by atoms with Crippen LogP contribution in [0, 0.1) is 5.41 Å². The van der Waals surface area contributed by atoms with Gasteiger partial charge in [-0.1, -0.05) is 123 Å². The molecule has 224 valence electrons. The fraction of sp³-hybridized carbons (Fsp3) is 0.297. The van der Waals surface area contributed by atoms with Gasteiger partial charge in [-0.2, -0.15) is 0 Å². The van der Waals surface area contributed by atoms with Gasteiger partial charge in [0.05, 0.1) is 6.04 Å². The quantitative estimate of drug-likeness (QED) is 0.231. The van der Waals surface area contributed by atoms with Gasteiger partial charge < -0.3 is 10.1 Å². The summed E-state index contributed by atoms with van der Waals surface area (Å²) in [6.07, 6.45) is 0.0721. The summed E-state index contributed by atoms with van der Waals surface area (Å²) in [5.41, 5.74) is 2.96. The Morgan fingerprint density at radius 1 is 0.773 bits per heavy atom. The molecular weight excluding hydrogens is 591 g/mol. The molecule has 2 fully saturated rings. The van der Waals surface area contributed by atoms with E-state index in [4.69, 9.17) is 27.9 Å². The first kappa shape index (κ1) is 29.1. The number of carbonyl (C=O) groups is 2. The van der Waals surface area contributed by atoms with Crippen LogP contribution in [-0.4, -0.2) is 28.9 Å².